The largest absolute Gasteiger partial charge is 0.331 e. The van der Waals surface area contributed by atoms with Crippen molar-refractivity contribution in [2.45, 2.75) is 6.54 Å². The van der Waals surface area contributed by atoms with E-state index in [9.17, 15) is 4.39 Å². The van der Waals surface area contributed by atoms with E-state index >= 15 is 0 Å². The molecule has 0 aliphatic carbocycles. The zero-order valence-electron chi connectivity index (χ0n) is 10.2. The SMILES string of the molecule is Fc1cccc(Cn2cnc(-c3ccccc3)c2)n1. The van der Waals surface area contributed by atoms with Gasteiger partial charge in [0.1, 0.15) is 0 Å². The summed E-state index contributed by atoms with van der Waals surface area (Å²) in [7, 11) is 0. The summed E-state index contributed by atoms with van der Waals surface area (Å²) in [5.41, 5.74) is 2.64. The Morgan fingerprint density at radius 2 is 1.84 bits per heavy atom. The molecular formula is C15H12FN3. The fourth-order valence-corrected chi connectivity index (χ4v) is 1.93. The van der Waals surface area contributed by atoms with Crippen LogP contribution in [-0.2, 0) is 6.54 Å². The molecule has 3 rings (SSSR count). The lowest BCUT2D eigenvalue weighted by Crippen LogP contribution is -2.00. The number of imidazole rings is 1. The Balaban J connectivity index is 1.82. The number of nitrogens with zero attached hydrogens (tertiary/aromatic N) is 3. The number of benzene rings is 1. The minimum Gasteiger partial charge on any atom is -0.331 e. The summed E-state index contributed by atoms with van der Waals surface area (Å²) in [5.74, 6) is -0.458. The Hall–Kier alpha value is -2.49. The summed E-state index contributed by atoms with van der Waals surface area (Å²) in [6.45, 7) is 0.512. The summed E-state index contributed by atoms with van der Waals surface area (Å²) in [5, 5.41) is 0. The molecule has 2 aromatic heterocycles. The van der Waals surface area contributed by atoms with Gasteiger partial charge in [0, 0.05) is 11.8 Å². The van der Waals surface area contributed by atoms with Gasteiger partial charge in [0.05, 0.1) is 24.3 Å². The van der Waals surface area contributed by atoms with Crippen molar-refractivity contribution in [3.8, 4) is 11.3 Å². The first-order valence-corrected chi connectivity index (χ1v) is 6.00. The van der Waals surface area contributed by atoms with Crippen molar-refractivity contribution in [1.82, 2.24) is 14.5 Å². The number of halogens is 1. The Morgan fingerprint density at radius 1 is 1.00 bits per heavy atom. The van der Waals surface area contributed by atoms with Crippen LogP contribution in [0.3, 0.4) is 0 Å². The van der Waals surface area contributed by atoms with Gasteiger partial charge in [0.15, 0.2) is 0 Å². The van der Waals surface area contributed by atoms with Gasteiger partial charge in [-0.05, 0) is 12.1 Å². The van der Waals surface area contributed by atoms with Crippen LogP contribution >= 0.6 is 0 Å². The maximum Gasteiger partial charge on any atom is 0.213 e. The van der Waals surface area contributed by atoms with Crippen LogP contribution in [0.4, 0.5) is 4.39 Å². The summed E-state index contributed by atoms with van der Waals surface area (Å²) >= 11 is 0. The van der Waals surface area contributed by atoms with Gasteiger partial charge >= 0.3 is 0 Å². The highest BCUT2D eigenvalue weighted by Gasteiger charge is 2.03. The van der Waals surface area contributed by atoms with Crippen LogP contribution < -0.4 is 0 Å². The van der Waals surface area contributed by atoms with Crippen LogP contribution in [-0.4, -0.2) is 14.5 Å². The summed E-state index contributed by atoms with van der Waals surface area (Å²) in [6, 6.07) is 14.7. The molecule has 0 unspecified atom stereocenters. The molecule has 0 aliphatic rings. The smallest absolute Gasteiger partial charge is 0.213 e. The van der Waals surface area contributed by atoms with Crippen molar-refractivity contribution in [2.24, 2.45) is 0 Å². The van der Waals surface area contributed by atoms with Crippen LogP contribution in [0.25, 0.3) is 11.3 Å². The van der Waals surface area contributed by atoms with Crippen LogP contribution in [0.1, 0.15) is 5.69 Å². The van der Waals surface area contributed by atoms with Crippen LogP contribution in [0.2, 0.25) is 0 Å². The van der Waals surface area contributed by atoms with Crippen molar-refractivity contribution in [2.75, 3.05) is 0 Å². The second-order valence-electron chi connectivity index (χ2n) is 4.25. The normalized spacial score (nSPS) is 10.6. The minimum absolute atomic E-state index is 0.458. The van der Waals surface area contributed by atoms with Gasteiger partial charge in [-0.3, -0.25) is 0 Å². The second-order valence-corrected chi connectivity index (χ2v) is 4.25. The number of hydrogen-bond acceptors (Lipinski definition) is 2. The third kappa shape index (κ3) is 2.68. The molecule has 4 heteroatoms. The number of aromatic nitrogens is 3. The molecular weight excluding hydrogens is 241 g/mol. The molecule has 94 valence electrons. The molecule has 0 radical (unpaired) electrons. The number of pyridine rings is 1. The second kappa shape index (κ2) is 5.02. The zero-order chi connectivity index (χ0) is 13.1. The van der Waals surface area contributed by atoms with E-state index in [0.29, 0.717) is 12.2 Å². The first-order chi connectivity index (χ1) is 9.31. The molecule has 0 fully saturated rings. The molecule has 3 aromatic rings. The van der Waals surface area contributed by atoms with E-state index in [-0.39, 0.29) is 0 Å². The van der Waals surface area contributed by atoms with E-state index in [1.165, 1.54) is 6.07 Å². The van der Waals surface area contributed by atoms with Gasteiger partial charge in [0.25, 0.3) is 0 Å². The molecule has 0 saturated carbocycles. The number of hydrogen-bond donors (Lipinski definition) is 0. The van der Waals surface area contributed by atoms with E-state index in [0.717, 1.165) is 11.3 Å². The molecule has 2 heterocycles. The van der Waals surface area contributed by atoms with E-state index < -0.39 is 5.95 Å². The lowest BCUT2D eigenvalue weighted by Gasteiger charge is -2.01. The van der Waals surface area contributed by atoms with Crippen molar-refractivity contribution in [3.63, 3.8) is 0 Å². The van der Waals surface area contributed by atoms with Gasteiger partial charge in [-0.2, -0.15) is 4.39 Å². The van der Waals surface area contributed by atoms with Gasteiger partial charge in [-0.15, -0.1) is 0 Å². The highest BCUT2D eigenvalue weighted by Crippen LogP contribution is 2.16. The topological polar surface area (TPSA) is 30.7 Å². The van der Waals surface area contributed by atoms with Crippen LogP contribution in [0.5, 0.6) is 0 Å². The Bertz CT molecular complexity index is 677. The summed E-state index contributed by atoms with van der Waals surface area (Å²) < 4.78 is 14.9. The predicted molar refractivity (Wildman–Crippen MR) is 71.0 cm³/mol. The maximum atomic E-state index is 13.0. The van der Waals surface area contributed by atoms with E-state index in [2.05, 4.69) is 9.97 Å². The molecule has 1 aromatic carbocycles. The minimum atomic E-state index is -0.458. The molecule has 0 N–H and O–H groups in total. The summed E-state index contributed by atoms with van der Waals surface area (Å²) in [6.07, 6.45) is 3.66. The molecule has 0 amide bonds. The molecule has 0 saturated heterocycles. The Labute approximate surface area is 110 Å². The molecule has 0 atom stereocenters. The maximum absolute atomic E-state index is 13.0. The average Bonchev–Trinajstić information content (AvgIpc) is 2.88. The van der Waals surface area contributed by atoms with Gasteiger partial charge < -0.3 is 4.57 Å². The summed E-state index contributed by atoms with van der Waals surface area (Å²) in [4.78, 5) is 8.18. The molecule has 0 aliphatic heterocycles. The molecule has 3 nitrogen and oxygen atoms in total. The van der Waals surface area contributed by atoms with E-state index in [1.54, 1.807) is 18.5 Å². The average molecular weight is 253 g/mol. The number of rotatable bonds is 3. The lowest BCUT2D eigenvalue weighted by molar-refractivity contribution is 0.572. The van der Waals surface area contributed by atoms with E-state index in [4.69, 9.17) is 0 Å². The molecule has 19 heavy (non-hydrogen) atoms. The fraction of sp³-hybridized carbons (Fsp3) is 0.0667. The van der Waals surface area contributed by atoms with Crippen molar-refractivity contribution in [3.05, 3.63) is 72.7 Å². The van der Waals surface area contributed by atoms with Crippen molar-refractivity contribution < 1.29 is 4.39 Å². The van der Waals surface area contributed by atoms with Gasteiger partial charge in [-0.1, -0.05) is 36.4 Å². The first kappa shape index (κ1) is 11.6. The Morgan fingerprint density at radius 3 is 2.63 bits per heavy atom. The van der Waals surface area contributed by atoms with Gasteiger partial charge in [-0.25, -0.2) is 9.97 Å². The third-order valence-electron chi connectivity index (χ3n) is 2.82. The van der Waals surface area contributed by atoms with Gasteiger partial charge in [0.2, 0.25) is 5.95 Å². The van der Waals surface area contributed by atoms with E-state index in [1.807, 2.05) is 41.1 Å². The predicted octanol–water partition coefficient (Wildman–Crippen LogP) is 3.13. The highest BCUT2D eigenvalue weighted by molar-refractivity contribution is 5.57. The third-order valence-corrected chi connectivity index (χ3v) is 2.82. The quantitative estimate of drug-likeness (QED) is 0.671. The Kier molecular flexibility index (Phi) is 3.06. The highest BCUT2D eigenvalue weighted by atomic mass is 19.1. The van der Waals surface area contributed by atoms with Crippen LogP contribution in [0, 0.1) is 5.95 Å². The van der Waals surface area contributed by atoms with Crippen molar-refractivity contribution >= 4 is 0 Å². The first-order valence-electron chi connectivity index (χ1n) is 6.00. The molecule has 0 bridgehead atoms. The standard InChI is InChI=1S/C15H12FN3/c16-15-8-4-7-13(18-15)9-19-10-14(17-11-19)12-5-2-1-3-6-12/h1-8,10-11H,9H2. The lowest BCUT2D eigenvalue weighted by atomic mass is 10.2. The molecule has 0 spiro atoms. The monoisotopic (exact) mass is 253 g/mol. The van der Waals surface area contributed by atoms with Crippen molar-refractivity contribution in [1.29, 1.82) is 0 Å². The fourth-order valence-electron chi connectivity index (χ4n) is 1.93. The van der Waals surface area contributed by atoms with Crippen LogP contribution in [0.15, 0.2) is 61.1 Å². The zero-order valence-corrected chi connectivity index (χ0v) is 10.2.